The van der Waals surface area contributed by atoms with E-state index < -0.39 is 17.7 Å². The highest BCUT2D eigenvalue weighted by atomic mass is 19.1. The number of hydrogen-bond donors (Lipinski definition) is 2. The Bertz CT molecular complexity index is 541. The predicted molar refractivity (Wildman–Crippen MR) is 78.5 cm³/mol. The third-order valence-electron chi connectivity index (χ3n) is 3.75. The van der Waals surface area contributed by atoms with Crippen molar-refractivity contribution in [2.45, 2.75) is 38.2 Å². The van der Waals surface area contributed by atoms with Gasteiger partial charge in [-0.3, -0.25) is 4.79 Å². The van der Waals surface area contributed by atoms with Crippen molar-refractivity contribution in [1.29, 1.82) is 0 Å². The molecule has 2 N–H and O–H groups in total. The molecule has 6 heteroatoms. The standard InChI is InChI=1S/C16H20FNO4/c17-14-10-11(16(20)21)6-7-13(14)15(19)18-8-9-22-12-4-2-1-3-5-12/h6-7,10,12H,1-5,8-9H2,(H,18,19)(H,20,21). The van der Waals surface area contributed by atoms with E-state index in [1.807, 2.05) is 0 Å². The van der Waals surface area contributed by atoms with Crippen LogP contribution in [0.5, 0.6) is 0 Å². The van der Waals surface area contributed by atoms with Gasteiger partial charge >= 0.3 is 5.97 Å². The molecule has 0 heterocycles. The number of hydrogen-bond acceptors (Lipinski definition) is 3. The SMILES string of the molecule is O=C(O)c1ccc(C(=O)NCCOC2CCCCC2)c(F)c1. The van der Waals surface area contributed by atoms with Gasteiger partial charge < -0.3 is 15.2 Å². The van der Waals surface area contributed by atoms with Gasteiger partial charge in [0, 0.05) is 6.54 Å². The number of ether oxygens (including phenoxy) is 1. The fourth-order valence-electron chi connectivity index (χ4n) is 2.55. The number of halogens is 1. The van der Waals surface area contributed by atoms with Gasteiger partial charge in [0.05, 0.1) is 23.8 Å². The first-order valence-corrected chi connectivity index (χ1v) is 7.50. The number of nitrogens with one attached hydrogen (secondary N) is 1. The Balaban J connectivity index is 1.78. The maximum Gasteiger partial charge on any atom is 0.335 e. The molecule has 0 unspecified atom stereocenters. The molecule has 0 spiro atoms. The van der Waals surface area contributed by atoms with Gasteiger partial charge in [-0.05, 0) is 31.0 Å². The lowest BCUT2D eigenvalue weighted by Crippen LogP contribution is -2.30. The number of amides is 1. The second kappa shape index (κ2) is 7.89. The van der Waals surface area contributed by atoms with Gasteiger partial charge in [0.15, 0.2) is 0 Å². The fourth-order valence-corrected chi connectivity index (χ4v) is 2.55. The van der Waals surface area contributed by atoms with Crippen LogP contribution >= 0.6 is 0 Å². The third-order valence-corrected chi connectivity index (χ3v) is 3.75. The summed E-state index contributed by atoms with van der Waals surface area (Å²) >= 11 is 0. The summed E-state index contributed by atoms with van der Waals surface area (Å²) in [7, 11) is 0. The predicted octanol–water partition coefficient (Wildman–Crippen LogP) is 2.60. The van der Waals surface area contributed by atoms with Crippen LogP contribution in [0.2, 0.25) is 0 Å². The first-order chi connectivity index (χ1) is 10.6. The Hall–Kier alpha value is -1.95. The Kier molecular flexibility index (Phi) is 5.89. The average Bonchev–Trinajstić information content (AvgIpc) is 2.52. The van der Waals surface area contributed by atoms with Crippen molar-refractivity contribution in [3.63, 3.8) is 0 Å². The summed E-state index contributed by atoms with van der Waals surface area (Å²) in [6.07, 6.45) is 5.98. The maximum absolute atomic E-state index is 13.7. The minimum Gasteiger partial charge on any atom is -0.478 e. The number of carbonyl (C=O) groups excluding carboxylic acids is 1. The molecule has 1 aromatic carbocycles. The van der Waals surface area contributed by atoms with Crippen molar-refractivity contribution in [2.75, 3.05) is 13.2 Å². The number of rotatable bonds is 6. The van der Waals surface area contributed by atoms with Crippen molar-refractivity contribution < 1.29 is 23.8 Å². The molecule has 1 amide bonds. The van der Waals surface area contributed by atoms with Gasteiger partial charge in [0.2, 0.25) is 0 Å². The lowest BCUT2D eigenvalue weighted by Gasteiger charge is -2.22. The van der Waals surface area contributed by atoms with Crippen molar-refractivity contribution in [3.05, 3.63) is 35.1 Å². The van der Waals surface area contributed by atoms with Gasteiger partial charge in [-0.2, -0.15) is 0 Å². The lowest BCUT2D eigenvalue weighted by molar-refractivity contribution is 0.0299. The Morgan fingerprint density at radius 3 is 2.64 bits per heavy atom. The van der Waals surface area contributed by atoms with Crippen molar-refractivity contribution >= 4 is 11.9 Å². The molecule has 1 aromatic rings. The van der Waals surface area contributed by atoms with E-state index in [-0.39, 0.29) is 17.2 Å². The second-order valence-corrected chi connectivity index (χ2v) is 5.39. The summed E-state index contributed by atoms with van der Waals surface area (Å²) in [6, 6.07) is 3.23. The van der Waals surface area contributed by atoms with Crippen molar-refractivity contribution in [1.82, 2.24) is 5.32 Å². The highest BCUT2D eigenvalue weighted by Gasteiger charge is 2.15. The van der Waals surface area contributed by atoms with Gasteiger partial charge in [-0.15, -0.1) is 0 Å². The first-order valence-electron chi connectivity index (χ1n) is 7.50. The number of carboxylic acids is 1. The van der Waals surface area contributed by atoms with Crippen LogP contribution in [0.4, 0.5) is 4.39 Å². The van der Waals surface area contributed by atoms with Crippen LogP contribution in [0.1, 0.15) is 52.8 Å². The van der Waals surface area contributed by atoms with Gasteiger partial charge in [-0.1, -0.05) is 19.3 Å². The Morgan fingerprint density at radius 2 is 2.00 bits per heavy atom. The quantitative estimate of drug-likeness (QED) is 0.792. The normalized spacial score (nSPS) is 15.5. The lowest BCUT2D eigenvalue weighted by atomic mass is 9.98. The molecule has 120 valence electrons. The van der Waals surface area contributed by atoms with Gasteiger partial charge in [0.25, 0.3) is 5.91 Å². The summed E-state index contributed by atoms with van der Waals surface area (Å²) in [6.45, 7) is 0.695. The van der Waals surface area contributed by atoms with Crippen LogP contribution in [0.3, 0.4) is 0 Å². The monoisotopic (exact) mass is 309 g/mol. The van der Waals surface area contributed by atoms with Crippen LogP contribution in [0.15, 0.2) is 18.2 Å². The van der Waals surface area contributed by atoms with Crippen LogP contribution in [-0.4, -0.2) is 36.2 Å². The molecule has 5 nitrogen and oxygen atoms in total. The van der Waals surface area contributed by atoms with E-state index in [9.17, 15) is 14.0 Å². The van der Waals surface area contributed by atoms with Crippen molar-refractivity contribution in [2.24, 2.45) is 0 Å². The average molecular weight is 309 g/mol. The van der Waals surface area contributed by atoms with E-state index >= 15 is 0 Å². The van der Waals surface area contributed by atoms with E-state index in [2.05, 4.69) is 5.32 Å². The third kappa shape index (κ3) is 4.53. The zero-order valence-corrected chi connectivity index (χ0v) is 12.3. The first kappa shape index (κ1) is 16.4. The molecule has 0 radical (unpaired) electrons. The minimum absolute atomic E-state index is 0.164. The van der Waals surface area contributed by atoms with Crippen LogP contribution in [0, 0.1) is 5.82 Å². The molecule has 1 aliphatic carbocycles. The summed E-state index contributed by atoms with van der Waals surface area (Å²) in [5.41, 5.74) is -0.350. The number of carboxylic acid groups (broad SMARTS) is 1. The number of benzene rings is 1. The zero-order valence-electron chi connectivity index (χ0n) is 12.3. The molecule has 22 heavy (non-hydrogen) atoms. The molecule has 0 aliphatic heterocycles. The Morgan fingerprint density at radius 1 is 1.27 bits per heavy atom. The molecule has 2 rings (SSSR count). The van der Waals surface area contributed by atoms with Crippen LogP contribution < -0.4 is 5.32 Å². The molecule has 1 fully saturated rings. The van der Waals surface area contributed by atoms with E-state index in [1.54, 1.807) is 0 Å². The van der Waals surface area contributed by atoms with E-state index in [0.29, 0.717) is 13.2 Å². The molecule has 1 saturated carbocycles. The molecule has 0 aromatic heterocycles. The van der Waals surface area contributed by atoms with Crippen LogP contribution in [0.25, 0.3) is 0 Å². The largest absolute Gasteiger partial charge is 0.478 e. The molecule has 0 bridgehead atoms. The summed E-state index contributed by atoms with van der Waals surface area (Å²) in [5, 5.41) is 11.3. The topological polar surface area (TPSA) is 75.6 Å². The highest BCUT2D eigenvalue weighted by Crippen LogP contribution is 2.19. The minimum atomic E-state index is -1.23. The smallest absolute Gasteiger partial charge is 0.335 e. The molecular weight excluding hydrogens is 289 g/mol. The molecule has 0 atom stereocenters. The van der Waals surface area contributed by atoms with E-state index in [1.165, 1.54) is 31.4 Å². The molecule has 0 saturated heterocycles. The van der Waals surface area contributed by atoms with Crippen molar-refractivity contribution in [3.8, 4) is 0 Å². The highest BCUT2D eigenvalue weighted by molar-refractivity contribution is 5.96. The fraction of sp³-hybridized carbons (Fsp3) is 0.500. The molecule has 1 aliphatic rings. The Labute approximate surface area is 128 Å². The number of aromatic carboxylic acids is 1. The van der Waals surface area contributed by atoms with Crippen LogP contribution in [-0.2, 0) is 4.74 Å². The van der Waals surface area contributed by atoms with E-state index in [4.69, 9.17) is 9.84 Å². The number of carbonyl (C=O) groups is 2. The van der Waals surface area contributed by atoms with Gasteiger partial charge in [-0.25, -0.2) is 9.18 Å². The zero-order chi connectivity index (χ0) is 15.9. The summed E-state index contributed by atoms with van der Waals surface area (Å²) < 4.78 is 19.4. The van der Waals surface area contributed by atoms with E-state index in [0.717, 1.165) is 18.9 Å². The second-order valence-electron chi connectivity index (χ2n) is 5.39. The molecular formula is C16H20FNO4. The van der Waals surface area contributed by atoms with Gasteiger partial charge in [0.1, 0.15) is 5.82 Å². The summed E-state index contributed by atoms with van der Waals surface area (Å²) in [5.74, 6) is -2.64. The maximum atomic E-state index is 13.7. The summed E-state index contributed by atoms with van der Waals surface area (Å²) in [4.78, 5) is 22.6.